The highest BCUT2D eigenvalue weighted by molar-refractivity contribution is 7.91. The third-order valence-electron chi connectivity index (χ3n) is 5.86. The van der Waals surface area contributed by atoms with E-state index in [1.54, 1.807) is 12.1 Å². The smallest absolute Gasteiger partial charge is 0.187 e. The number of rotatable bonds is 2. The van der Waals surface area contributed by atoms with Crippen molar-refractivity contribution < 1.29 is 8.42 Å². The third-order valence-corrected chi connectivity index (χ3v) is 7.98. The van der Waals surface area contributed by atoms with Gasteiger partial charge in [0.25, 0.3) is 0 Å². The third kappa shape index (κ3) is 2.55. The Morgan fingerprint density at radius 1 is 0.815 bits per heavy atom. The fraction of sp³-hybridized carbons (Fsp3) is 0.217. The van der Waals surface area contributed by atoms with Gasteiger partial charge in [-0.3, -0.25) is 0 Å². The van der Waals surface area contributed by atoms with Crippen LogP contribution >= 0.6 is 0 Å². The van der Waals surface area contributed by atoms with Crippen LogP contribution in [-0.2, 0) is 16.3 Å². The van der Waals surface area contributed by atoms with Crippen molar-refractivity contribution in [3.05, 3.63) is 101 Å². The van der Waals surface area contributed by atoms with Gasteiger partial charge < -0.3 is 5.32 Å². The quantitative estimate of drug-likeness (QED) is 0.720. The molecule has 1 N–H and O–H groups in total. The van der Waals surface area contributed by atoms with Gasteiger partial charge in [-0.05, 0) is 47.7 Å². The number of benzene rings is 3. The lowest BCUT2D eigenvalue weighted by atomic mass is 9.89. The second kappa shape index (κ2) is 6.04. The predicted octanol–water partition coefficient (Wildman–Crippen LogP) is 4.45. The highest BCUT2D eigenvalue weighted by Gasteiger charge is 2.45. The number of fused-ring (bicyclic) bond motifs is 6. The van der Waals surface area contributed by atoms with E-state index in [0.717, 1.165) is 28.7 Å². The fourth-order valence-electron chi connectivity index (χ4n) is 4.55. The minimum Gasteiger partial charge on any atom is -0.301 e. The summed E-state index contributed by atoms with van der Waals surface area (Å²) in [6.45, 7) is 1.97. The Morgan fingerprint density at radius 3 is 2.19 bits per heavy atom. The lowest BCUT2D eigenvalue weighted by Crippen LogP contribution is -2.27. The van der Waals surface area contributed by atoms with E-state index in [0.29, 0.717) is 4.90 Å². The van der Waals surface area contributed by atoms with Crippen molar-refractivity contribution in [3.63, 3.8) is 0 Å². The summed E-state index contributed by atoms with van der Waals surface area (Å²) in [5.74, 6) is 0. The minimum absolute atomic E-state index is 0.158. The summed E-state index contributed by atoms with van der Waals surface area (Å²) < 4.78 is 27.5. The Labute approximate surface area is 160 Å². The Morgan fingerprint density at radius 2 is 1.44 bits per heavy atom. The maximum absolute atomic E-state index is 13.8. The van der Waals surface area contributed by atoms with Gasteiger partial charge in [-0.2, -0.15) is 0 Å². The molecule has 0 spiro atoms. The van der Waals surface area contributed by atoms with E-state index in [1.165, 1.54) is 5.56 Å². The standard InChI is InChI=1S/C23H21NO2S/c1-15-10-12-17(13-11-15)27(25,26)23-18-7-3-2-6-16(18)14-21-19-8-4-5-9-20(19)22(23)24-21/h2-13,21-24H,14H2,1H3. The SMILES string of the molecule is Cc1ccc(S(=O)(=O)C2c3ccccc3CC3NC2c2ccccc23)cc1. The van der Waals surface area contributed by atoms with Gasteiger partial charge in [0.1, 0.15) is 5.25 Å². The van der Waals surface area contributed by atoms with Gasteiger partial charge in [0.2, 0.25) is 0 Å². The molecule has 2 aliphatic rings. The molecule has 2 heterocycles. The maximum Gasteiger partial charge on any atom is 0.187 e. The second-order valence-corrected chi connectivity index (χ2v) is 9.58. The summed E-state index contributed by atoms with van der Waals surface area (Å²) in [6.07, 6.45) is 0.809. The van der Waals surface area contributed by atoms with Gasteiger partial charge in [0.15, 0.2) is 9.84 Å². The molecule has 0 fully saturated rings. The average molecular weight is 375 g/mol. The van der Waals surface area contributed by atoms with Gasteiger partial charge in [-0.15, -0.1) is 0 Å². The molecule has 136 valence electrons. The van der Waals surface area contributed by atoms with Gasteiger partial charge in [-0.25, -0.2) is 8.42 Å². The normalized spacial score (nSPS) is 23.4. The lowest BCUT2D eigenvalue weighted by molar-refractivity contribution is 0.486. The molecule has 0 saturated heterocycles. The van der Waals surface area contributed by atoms with Crippen molar-refractivity contribution in [2.75, 3.05) is 0 Å². The summed E-state index contributed by atoms with van der Waals surface area (Å²) in [4.78, 5) is 0.387. The highest BCUT2D eigenvalue weighted by atomic mass is 32.2. The predicted molar refractivity (Wildman–Crippen MR) is 106 cm³/mol. The minimum atomic E-state index is -3.56. The van der Waals surface area contributed by atoms with E-state index >= 15 is 0 Å². The van der Waals surface area contributed by atoms with Crippen LogP contribution in [0, 0.1) is 6.92 Å². The van der Waals surface area contributed by atoms with Gasteiger partial charge >= 0.3 is 0 Å². The van der Waals surface area contributed by atoms with Crippen LogP contribution in [-0.4, -0.2) is 8.42 Å². The summed E-state index contributed by atoms with van der Waals surface area (Å²) in [6, 6.07) is 23.3. The number of hydrogen-bond acceptors (Lipinski definition) is 3. The molecule has 0 aromatic heterocycles. The van der Waals surface area contributed by atoms with Crippen LogP contribution in [0.25, 0.3) is 0 Å². The Balaban J connectivity index is 1.74. The topological polar surface area (TPSA) is 46.2 Å². The molecule has 5 rings (SSSR count). The number of hydrogen-bond donors (Lipinski definition) is 1. The van der Waals surface area contributed by atoms with E-state index < -0.39 is 15.1 Å². The van der Waals surface area contributed by atoms with E-state index in [4.69, 9.17) is 0 Å². The molecular formula is C23H21NO2S. The molecule has 0 aliphatic carbocycles. The summed E-state index contributed by atoms with van der Waals surface area (Å²) in [5.41, 5.74) is 5.43. The molecule has 2 bridgehead atoms. The van der Waals surface area contributed by atoms with Crippen molar-refractivity contribution in [3.8, 4) is 0 Å². The average Bonchev–Trinajstić information content (AvgIpc) is 2.91. The zero-order chi connectivity index (χ0) is 18.6. The first-order valence-corrected chi connectivity index (χ1v) is 10.8. The molecule has 0 radical (unpaired) electrons. The van der Waals surface area contributed by atoms with Gasteiger partial charge in [0, 0.05) is 6.04 Å². The maximum atomic E-state index is 13.8. The van der Waals surface area contributed by atoms with E-state index in [9.17, 15) is 8.42 Å². The van der Waals surface area contributed by atoms with Crippen molar-refractivity contribution in [2.24, 2.45) is 0 Å². The van der Waals surface area contributed by atoms with Crippen LogP contribution < -0.4 is 5.32 Å². The molecule has 27 heavy (non-hydrogen) atoms. The van der Waals surface area contributed by atoms with Gasteiger partial charge in [0.05, 0.1) is 10.9 Å². The largest absolute Gasteiger partial charge is 0.301 e. The fourth-order valence-corrected chi connectivity index (χ4v) is 6.50. The van der Waals surface area contributed by atoms with Crippen LogP contribution in [0.3, 0.4) is 0 Å². The molecule has 0 amide bonds. The summed E-state index contributed by atoms with van der Waals surface area (Å²) >= 11 is 0. The molecule has 3 aromatic carbocycles. The summed E-state index contributed by atoms with van der Waals surface area (Å²) in [5, 5.41) is 2.99. The first kappa shape index (κ1) is 16.7. The van der Waals surface area contributed by atoms with Crippen LogP contribution in [0.2, 0.25) is 0 Å². The summed E-state index contributed by atoms with van der Waals surface area (Å²) in [7, 11) is -3.56. The molecule has 3 nitrogen and oxygen atoms in total. The van der Waals surface area contributed by atoms with Crippen LogP contribution in [0.4, 0.5) is 0 Å². The Hall–Kier alpha value is -2.43. The van der Waals surface area contributed by atoms with Crippen molar-refractivity contribution in [1.29, 1.82) is 0 Å². The first-order valence-electron chi connectivity index (χ1n) is 9.29. The zero-order valence-electron chi connectivity index (χ0n) is 15.1. The van der Waals surface area contributed by atoms with Gasteiger partial charge in [-0.1, -0.05) is 66.2 Å². The van der Waals surface area contributed by atoms with Crippen molar-refractivity contribution in [2.45, 2.75) is 35.6 Å². The van der Waals surface area contributed by atoms with Crippen LogP contribution in [0.15, 0.2) is 77.7 Å². The van der Waals surface area contributed by atoms with E-state index in [1.807, 2.05) is 49.4 Å². The number of nitrogens with one attached hydrogen (secondary N) is 1. The van der Waals surface area contributed by atoms with Crippen LogP contribution in [0.5, 0.6) is 0 Å². The molecule has 3 unspecified atom stereocenters. The molecular weight excluding hydrogens is 354 g/mol. The van der Waals surface area contributed by atoms with Crippen molar-refractivity contribution in [1.82, 2.24) is 5.32 Å². The number of sulfone groups is 1. The van der Waals surface area contributed by atoms with E-state index in [2.05, 4.69) is 23.5 Å². The second-order valence-electron chi connectivity index (χ2n) is 7.51. The van der Waals surface area contributed by atoms with Crippen LogP contribution in [0.1, 0.15) is 45.2 Å². The molecule has 0 saturated carbocycles. The highest BCUT2D eigenvalue weighted by Crippen LogP contribution is 2.50. The monoisotopic (exact) mass is 375 g/mol. The van der Waals surface area contributed by atoms with E-state index in [-0.39, 0.29) is 12.1 Å². The first-order chi connectivity index (χ1) is 13.1. The molecule has 2 aliphatic heterocycles. The zero-order valence-corrected chi connectivity index (χ0v) is 15.9. The Bertz CT molecular complexity index is 1120. The number of aryl methyl sites for hydroxylation is 1. The molecule has 4 heteroatoms. The van der Waals surface area contributed by atoms with Crippen molar-refractivity contribution >= 4 is 9.84 Å². The Kier molecular flexibility index (Phi) is 3.74. The molecule has 3 aromatic rings. The molecule has 3 atom stereocenters. The lowest BCUT2D eigenvalue weighted by Gasteiger charge is -2.26.